The Balaban J connectivity index is 1.54. The van der Waals surface area contributed by atoms with Crippen LogP contribution in [0.3, 0.4) is 0 Å². The zero-order valence-corrected chi connectivity index (χ0v) is 16.4. The Morgan fingerprint density at radius 2 is 2.15 bits per heavy atom. The molecule has 1 atom stereocenters. The van der Waals surface area contributed by atoms with E-state index in [-0.39, 0.29) is 11.2 Å². The van der Waals surface area contributed by atoms with Crippen LogP contribution in [-0.4, -0.2) is 21.4 Å². The largest absolute Gasteiger partial charge is 0.467 e. The summed E-state index contributed by atoms with van der Waals surface area (Å²) in [7, 11) is 0. The highest BCUT2D eigenvalue weighted by Crippen LogP contribution is 2.30. The second-order valence-electron chi connectivity index (χ2n) is 5.87. The van der Waals surface area contributed by atoms with Crippen LogP contribution in [0.1, 0.15) is 23.8 Å². The van der Waals surface area contributed by atoms with Crippen LogP contribution in [-0.2, 0) is 11.3 Å². The molecule has 2 aromatic heterocycles. The molecule has 0 radical (unpaired) electrons. The van der Waals surface area contributed by atoms with Crippen molar-refractivity contribution in [2.75, 3.05) is 10.6 Å². The molecule has 0 aliphatic rings. The molecule has 8 heteroatoms. The van der Waals surface area contributed by atoms with Crippen molar-refractivity contribution in [2.45, 2.75) is 36.9 Å². The summed E-state index contributed by atoms with van der Waals surface area (Å²) in [5, 5.41) is 14.8. The van der Waals surface area contributed by atoms with Crippen LogP contribution in [0.15, 0.2) is 45.4 Å². The van der Waals surface area contributed by atoms with Crippen molar-refractivity contribution in [2.24, 2.45) is 0 Å². The van der Waals surface area contributed by atoms with E-state index in [2.05, 4.69) is 20.8 Å². The van der Waals surface area contributed by atoms with Gasteiger partial charge in [0.25, 0.3) is 0 Å². The summed E-state index contributed by atoms with van der Waals surface area (Å²) in [5.74, 6) is 0.777. The van der Waals surface area contributed by atoms with Gasteiger partial charge in [0.05, 0.1) is 18.1 Å². The highest BCUT2D eigenvalue weighted by atomic mass is 32.2. The van der Waals surface area contributed by atoms with Gasteiger partial charge in [0.15, 0.2) is 4.34 Å². The van der Waals surface area contributed by atoms with E-state index >= 15 is 0 Å². The molecule has 0 aliphatic carbocycles. The van der Waals surface area contributed by atoms with Gasteiger partial charge < -0.3 is 15.1 Å². The van der Waals surface area contributed by atoms with Gasteiger partial charge in [-0.05, 0) is 50.1 Å². The highest BCUT2D eigenvalue weighted by molar-refractivity contribution is 8.02. The van der Waals surface area contributed by atoms with Crippen molar-refractivity contribution in [3.8, 4) is 0 Å². The topological polar surface area (TPSA) is 80.0 Å². The molecule has 2 heterocycles. The number of thioether (sulfide) groups is 1. The Kier molecular flexibility index (Phi) is 5.95. The van der Waals surface area contributed by atoms with E-state index in [0.717, 1.165) is 26.9 Å². The minimum absolute atomic E-state index is 0.0519. The fraction of sp³-hybridized carbons (Fsp3) is 0.278. The van der Waals surface area contributed by atoms with Crippen molar-refractivity contribution < 1.29 is 9.21 Å². The standard InChI is InChI=1S/C18H20N4O2S2/c1-11-6-7-12(2)15(9-11)20-16(23)13(3)25-18-22-21-17(26-18)19-10-14-5-4-8-24-14/h4-9,13H,10H2,1-3H3,(H,19,21)(H,20,23). The molecule has 2 N–H and O–H groups in total. The van der Waals surface area contributed by atoms with Gasteiger partial charge in [0.1, 0.15) is 5.76 Å². The second kappa shape index (κ2) is 8.37. The van der Waals surface area contributed by atoms with Crippen molar-refractivity contribution in [3.63, 3.8) is 0 Å². The number of anilines is 2. The molecule has 136 valence electrons. The van der Waals surface area contributed by atoms with E-state index in [0.29, 0.717) is 11.7 Å². The summed E-state index contributed by atoms with van der Waals surface area (Å²) in [4.78, 5) is 12.5. The van der Waals surface area contributed by atoms with E-state index in [1.807, 2.05) is 51.1 Å². The lowest BCUT2D eigenvalue weighted by molar-refractivity contribution is -0.115. The molecular weight excluding hydrogens is 368 g/mol. The van der Waals surface area contributed by atoms with E-state index in [4.69, 9.17) is 4.42 Å². The third-order valence-corrected chi connectivity index (χ3v) is 5.76. The Bertz CT molecular complexity index is 877. The average Bonchev–Trinajstić information content (AvgIpc) is 3.28. The van der Waals surface area contributed by atoms with Gasteiger partial charge in [-0.3, -0.25) is 4.79 Å². The fourth-order valence-electron chi connectivity index (χ4n) is 2.21. The molecule has 0 saturated heterocycles. The van der Waals surface area contributed by atoms with Crippen LogP contribution in [0, 0.1) is 13.8 Å². The molecule has 0 fully saturated rings. The zero-order valence-electron chi connectivity index (χ0n) is 14.8. The Hall–Kier alpha value is -2.32. The third-order valence-electron chi connectivity index (χ3n) is 3.70. The lowest BCUT2D eigenvalue weighted by atomic mass is 10.1. The maximum Gasteiger partial charge on any atom is 0.237 e. The normalized spacial score (nSPS) is 12.0. The Morgan fingerprint density at radius 1 is 1.31 bits per heavy atom. The highest BCUT2D eigenvalue weighted by Gasteiger charge is 2.18. The lowest BCUT2D eigenvalue weighted by Crippen LogP contribution is -2.22. The molecule has 0 bridgehead atoms. The van der Waals surface area contributed by atoms with Crippen molar-refractivity contribution in [3.05, 3.63) is 53.5 Å². The molecule has 3 aromatic rings. The number of aryl methyl sites for hydroxylation is 2. The molecule has 26 heavy (non-hydrogen) atoms. The predicted octanol–water partition coefficient (Wildman–Crippen LogP) is 4.48. The van der Waals surface area contributed by atoms with E-state index in [9.17, 15) is 4.79 Å². The summed E-state index contributed by atoms with van der Waals surface area (Å²) >= 11 is 2.81. The quantitative estimate of drug-likeness (QED) is 0.581. The molecule has 1 unspecified atom stereocenters. The molecule has 1 amide bonds. The summed E-state index contributed by atoms with van der Waals surface area (Å²) < 4.78 is 6.01. The molecule has 0 aliphatic heterocycles. The average molecular weight is 389 g/mol. The summed E-state index contributed by atoms with van der Waals surface area (Å²) in [6.45, 7) is 6.40. The number of carbonyl (C=O) groups is 1. The summed E-state index contributed by atoms with van der Waals surface area (Å²) in [6.07, 6.45) is 1.63. The minimum atomic E-state index is -0.277. The number of nitrogens with zero attached hydrogens (tertiary/aromatic N) is 2. The summed E-state index contributed by atoms with van der Waals surface area (Å²) in [5.41, 5.74) is 3.00. The number of benzene rings is 1. The number of hydrogen-bond acceptors (Lipinski definition) is 7. The van der Waals surface area contributed by atoms with Gasteiger partial charge in [-0.15, -0.1) is 10.2 Å². The number of aromatic nitrogens is 2. The number of furan rings is 1. The number of rotatable bonds is 7. The Morgan fingerprint density at radius 3 is 2.92 bits per heavy atom. The fourth-order valence-corrected chi connectivity index (χ4v) is 4.11. The molecule has 3 rings (SSSR count). The zero-order chi connectivity index (χ0) is 18.5. The van der Waals surface area contributed by atoms with E-state index < -0.39 is 0 Å². The molecule has 6 nitrogen and oxygen atoms in total. The first-order chi connectivity index (χ1) is 12.5. The molecular formula is C18H20N4O2S2. The number of hydrogen-bond donors (Lipinski definition) is 2. The molecule has 0 saturated carbocycles. The van der Waals surface area contributed by atoms with Crippen LogP contribution >= 0.6 is 23.1 Å². The van der Waals surface area contributed by atoms with Crippen molar-refractivity contribution >= 4 is 39.8 Å². The van der Waals surface area contributed by atoms with Crippen LogP contribution in [0.2, 0.25) is 0 Å². The molecule has 0 spiro atoms. The predicted molar refractivity (Wildman–Crippen MR) is 106 cm³/mol. The van der Waals surface area contributed by atoms with Crippen LogP contribution in [0.25, 0.3) is 0 Å². The number of carbonyl (C=O) groups excluding carboxylic acids is 1. The second-order valence-corrected chi connectivity index (χ2v) is 8.44. The minimum Gasteiger partial charge on any atom is -0.467 e. The van der Waals surface area contributed by atoms with Gasteiger partial charge >= 0.3 is 0 Å². The first-order valence-electron chi connectivity index (χ1n) is 8.16. The number of amides is 1. The van der Waals surface area contributed by atoms with E-state index in [1.54, 1.807) is 6.26 Å². The third kappa shape index (κ3) is 4.86. The maximum absolute atomic E-state index is 12.5. The monoisotopic (exact) mass is 388 g/mol. The van der Waals surface area contributed by atoms with Crippen LogP contribution < -0.4 is 10.6 Å². The van der Waals surface area contributed by atoms with Crippen molar-refractivity contribution in [1.29, 1.82) is 0 Å². The first-order valence-corrected chi connectivity index (χ1v) is 9.85. The van der Waals surface area contributed by atoms with Gasteiger partial charge in [0.2, 0.25) is 11.0 Å². The van der Waals surface area contributed by atoms with Crippen LogP contribution in [0.4, 0.5) is 10.8 Å². The van der Waals surface area contributed by atoms with E-state index in [1.165, 1.54) is 23.1 Å². The smallest absolute Gasteiger partial charge is 0.237 e. The number of nitrogens with one attached hydrogen (secondary N) is 2. The van der Waals surface area contributed by atoms with Crippen molar-refractivity contribution in [1.82, 2.24) is 10.2 Å². The van der Waals surface area contributed by atoms with Crippen LogP contribution in [0.5, 0.6) is 0 Å². The maximum atomic E-state index is 12.5. The lowest BCUT2D eigenvalue weighted by Gasteiger charge is -2.12. The van der Waals surface area contributed by atoms with Gasteiger partial charge in [-0.25, -0.2) is 0 Å². The molecule has 1 aromatic carbocycles. The summed E-state index contributed by atoms with van der Waals surface area (Å²) in [6, 6.07) is 9.75. The van der Waals surface area contributed by atoms with Gasteiger partial charge in [-0.2, -0.15) is 0 Å². The SMILES string of the molecule is Cc1ccc(C)c(NC(=O)C(C)Sc2nnc(NCc3ccco3)s2)c1. The Labute approximate surface area is 160 Å². The van der Waals surface area contributed by atoms with Gasteiger partial charge in [-0.1, -0.05) is 35.2 Å². The first kappa shape index (κ1) is 18.5. The van der Waals surface area contributed by atoms with Gasteiger partial charge in [0, 0.05) is 5.69 Å².